The lowest BCUT2D eigenvalue weighted by Crippen LogP contribution is -2.26. The fourth-order valence-corrected chi connectivity index (χ4v) is 1.38. The number of hydrogen-bond donors (Lipinski definition) is 2. The highest BCUT2D eigenvalue weighted by Crippen LogP contribution is 2.28. The Labute approximate surface area is 105 Å². The highest BCUT2D eigenvalue weighted by atomic mass is 35.5. The van der Waals surface area contributed by atoms with Gasteiger partial charge >= 0.3 is 6.18 Å². The fourth-order valence-electron chi connectivity index (χ4n) is 1.10. The van der Waals surface area contributed by atoms with Gasteiger partial charge in [0.25, 0.3) is 5.78 Å². The minimum Gasteiger partial charge on any atom is -0.376 e. The van der Waals surface area contributed by atoms with E-state index in [9.17, 15) is 18.0 Å². The van der Waals surface area contributed by atoms with Crippen LogP contribution in [0.4, 0.5) is 18.9 Å². The maximum absolute atomic E-state index is 12.3. The van der Waals surface area contributed by atoms with Crippen molar-refractivity contribution in [2.24, 2.45) is 5.73 Å². The molecule has 1 aromatic carbocycles. The molecule has 8 heteroatoms. The van der Waals surface area contributed by atoms with E-state index in [1.165, 1.54) is 12.1 Å². The summed E-state index contributed by atoms with van der Waals surface area (Å²) in [6.45, 7) is 0. The fraction of sp³-hybridized carbons (Fsp3) is 0.111. The molecule has 0 aliphatic carbocycles. The van der Waals surface area contributed by atoms with Crippen molar-refractivity contribution in [3.05, 3.63) is 28.8 Å². The van der Waals surface area contributed by atoms with Gasteiger partial charge in [0.15, 0.2) is 5.11 Å². The van der Waals surface area contributed by atoms with E-state index in [4.69, 9.17) is 17.3 Å². The zero-order valence-corrected chi connectivity index (χ0v) is 9.71. The third kappa shape index (κ3) is 3.57. The van der Waals surface area contributed by atoms with Gasteiger partial charge in [-0.1, -0.05) is 11.6 Å². The Morgan fingerprint density at radius 2 is 2.00 bits per heavy atom. The summed E-state index contributed by atoms with van der Waals surface area (Å²) < 4.78 is 36.9. The second-order valence-electron chi connectivity index (χ2n) is 3.01. The van der Waals surface area contributed by atoms with Crippen LogP contribution in [0.15, 0.2) is 18.2 Å². The van der Waals surface area contributed by atoms with E-state index in [0.29, 0.717) is 0 Å². The molecule has 0 saturated heterocycles. The number of ketones is 1. The molecule has 0 spiro atoms. The summed E-state index contributed by atoms with van der Waals surface area (Å²) in [5.41, 5.74) is 4.37. The van der Waals surface area contributed by atoms with Gasteiger partial charge in [-0.2, -0.15) is 13.2 Å². The molecule has 17 heavy (non-hydrogen) atoms. The van der Waals surface area contributed by atoms with Crippen molar-refractivity contribution in [2.75, 3.05) is 5.32 Å². The molecule has 0 heterocycles. The number of carbonyl (C=O) groups is 1. The molecule has 0 bridgehead atoms. The Morgan fingerprint density at radius 3 is 2.47 bits per heavy atom. The summed E-state index contributed by atoms with van der Waals surface area (Å²) in [4.78, 5) is 11.1. The average molecular weight is 283 g/mol. The van der Waals surface area contributed by atoms with E-state index < -0.39 is 17.5 Å². The SMILES string of the molecule is NC(=S)Nc1ccc(Cl)cc1C(=O)C(F)(F)F. The summed E-state index contributed by atoms with van der Waals surface area (Å²) >= 11 is 10.0. The molecule has 1 rings (SSSR count). The summed E-state index contributed by atoms with van der Waals surface area (Å²) in [5.74, 6) is -2.02. The van der Waals surface area contributed by atoms with E-state index in [0.717, 1.165) is 6.07 Å². The number of carbonyl (C=O) groups excluding carboxylic acids is 1. The zero-order valence-electron chi connectivity index (χ0n) is 8.14. The van der Waals surface area contributed by atoms with Crippen molar-refractivity contribution >= 4 is 40.4 Å². The first kappa shape index (κ1) is 13.7. The maximum Gasteiger partial charge on any atom is 0.454 e. The Balaban J connectivity index is 3.25. The molecule has 0 aliphatic rings. The van der Waals surface area contributed by atoms with Crippen LogP contribution in [0, 0.1) is 0 Å². The third-order valence-corrected chi connectivity index (χ3v) is 2.08. The zero-order chi connectivity index (χ0) is 13.2. The van der Waals surface area contributed by atoms with Crippen LogP contribution < -0.4 is 11.1 Å². The van der Waals surface area contributed by atoms with Gasteiger partial charge in [-0.15, -0.1) is 0 Å². The third-order valence-electron chi connectivity index (χ3n) is 1.74. The van der Waals surface area contributed by atoms with E-state index in [-0.39, 0.29) is 15.8 Å². The van der Waals surface area contributed by atoms with Crippen LogP contribution in [-0.2, 0) is 0 Å². The first-order valence-electron chi connectivity index (χ1n) is 4.19. The number of Topliss-reactive ketones (excluding diaryl/α,β-unsaturated/α-hetero) is 1. The van der Waals surface area contributed by atoms with Gasteiger partial charge in [-0.05, 0) is 30.4 Å². The second-order valence-corrected chi connectivity index (χ2v) is 3.88. The molecular weight excluding hydrogens is 277 g/mol. The van der Waals surface area contributed by atoms with Crippen molar-refractivity contribution in [3.63, 3.8) is 0 Å². The topological polar surface area (TPSA) is 55.1 Å². The van der Waals surface area contributed by atoms with E-state index >= 15 is 0 Å². The van der Waals surface area contributed by atoms with Gasteiger partial charge in [-0.25, -0.2) is 0 Å². The number of alkyl halides is 3. The molecular formula is C9H6ClF3N2OS. The van der Waals surface area contributed by atoms with Crippen molar-refractivity contribution in [3.8, 4) is 0 Å². The first-order chi connectivity index (χ1) is 7.71. The summed E-state index contributed by atoms with van der Waals surface area (Å²) in [6, 6.07) is 3.41. The average Bonchev–Trinajstić information content (AvgIpc) is 2.17. The Kier molecular flexibility index (Phi) is 3.94. The van der Waals surface area contributed by atoms with E-state index in [2.05, 4.69) is 17.5 Å². The summed E-state index contributed by atoms with van der Waals surface area (Å²) in [6.07, 6.45) is -4.99. The number of thiocarbonyl (C=S) groups is 1. The molecule has 0 aromatic heterocycles. The summed E-state index contributed by atoms with van der Waals surface area (Å²) in [7, 11) is 0. The minimum absolute atomic E-state index is 0.00564. The maximum atomic E-state index is 12.3. The lowest BCUT2D eigenvalue weighted by molar-refractivity contribution is -0.0884. The van der Waals surface area contributed by atoms with Crippen LogP contribution in [0.5, 0.6) is 0 Å². The largest absolute Gasteiger partial charge is 0.454 e. The number of anilines is 1. The van der Waals surface area contributed by atoms with Gasteiger partial charge in [0.1, 0.15) is 0 Å². The molecule has 3 N–H and O–H groups in total. The molecule has 0 saturated carbocycles. The molecule has 0 amide bonds. The van der Waals surface area contributed by atoms with E-state index in [1.807, 2.05) is 0 Å². The molecule has 0 radical (unpaired) electrons. The number of rotatable bonds is 2. The lowest BCUT2D eigenvalue weighted by atomic mass is 10.1. The van der Waals surface area contributed by atoms with Crippen LogP contribution in [0.1, 0.15) is 10.4 Å². The van der Waals surface area contributed by atoms with Crippen LogP contribution in [0.3, 0.4) is 0 Å². The van der Waals surface area contributed by atoms with Crippen molar-refractivity contribution in [2.45, 2.75) is 6.18 Å². The molecule has 0 atom stereocenters. The van der Waals surface area contributed by atoms with Crippen LogP contribution in [0.25, 0.3) is 0 Å². The number of hydrogen-bond acceptors (Lipinski definition) is 2. The quantitative estimate of drug-likeness (QED) is 0.647. The normalized spacial score (nSPS) is 11.1. The highest BCUT2D eigenvalue weighted by Gasteiger charge is 2.40. The van der Waals surface area contributed by atoms with Crippen molar-refractivity contribution in [1.82, 2.24) is 0 Å². The van der Waals surface area contributed by atoms with Gasteiger partial charge in [0, 0.05) is 5.02 Å². The number of nitrogens with one attached hydrogen (secondary N) is 1. The van der Waals surface area contributed by atoms with Crippen LogP contribution in [0.2, 0.25) is 5.02 Å². The second kappa shape index (κ2) is 4.89. The first-order valence-corrected chi connectivity index (χ1v) is 4.98. The molecule has 0 fully saturated rings. The van der Waals surface area contributed by atoms with Crippen molar-refractivity contribution < 1.29 is 18.0 Å². The van der Waals surface area contributed by atoms with Gasteiger partial charge < -0.3 is 11.1 Å². The highest BCUT2D eigenvalue weighted by molar-refractivity contribution is 7.80. The predicted molar refractivity (Wildman–Crippen MR) is 62.2 cm³/mol. The van der Waals surface area contributed by atoms with Crippen LogP contribution >= 0.6 is 23.8 Å². The van der Waals surface area contributed by atoms with Gasteiger partial charge in [0.2, 0.25) is 0 Å². The van der Waals surface area contributed by atoms with Crippen LogP contribution in [-0.4, -0.2) is 17.1 Å². The Bertz CT molecular complexity index is 476. The molecule has 1 aromatic rings. The van der Waals surface area contributed by atoms with Gasteiger partial charge in [-0.3, -0.25) is 4.79 Å². The van der Waals surface area contributed by atoms with Gasteiger partial charge in [0.05, 0.1) is 11.3 Å². The number of halogens is 4. The summed E-state index contributed by atoms with van der Waals surface area (Å²) in [5, 5.41) is 2.04. The molecule has 0 aliphatic heterocycles. The molecule has 3 nitrogen and oxygen atoms in total. The minimum atomic E-state index is -4.99. The number of benzene rings is 1. The Hall–Kier alpha value is -1.34. The predicted octanol–water partition coefficient (Wildman–Crippen LogP) is 2.74. The standard InChI is InChI=1S/C9H6ClF3N2OS/c10-4-1-2-6(15-8(14)17)5(3-4)7(16)9(11,12)13/h1-3H,(H3,14,15,17). The molecule has 0 unspecified atom stereocenters. The van der Waals surface area contributed by atoms with Crippen molar-refractivity contribution in [1.29, 1.82) is 0 Å². The number of nitrogens with two attached hydrogens (primary N) is 1. The monoisotopic (exact) mass is 282 g/mol. The smallest absolute Gasteiger partial charge is 0.376 e. The molecule has 92 valence electrons. The van der Waals surface area contributed by atoms with E-state index in [1.54, 1.807) is 0 Å². The Morgan fingerprint density at radius 1 is 1.41 bits per heavy atom. The lowest BCUT2D eigenvalue weighted by Gasteiger charge is -2.12.